The van der Waals surface area contributed by atoms with Crippen molar-refractivity contribution in [3.8, 4) is 0 Å². The highest BCUT2D eigenvalue weighted by molar-refractivity contribution is 7.99. The lowest BCUT2D eigenvalue weighted by molar-refractivity contribution is -0.129. The van der Waals surface area contributed by atoms with E-state index in [0.717, 1.165) is 10.4 Å². The standard InChI is InChI=1S/C20H21ClFN3O2S2/c1-10-11(2)29-19-17(10)18(26)23-16(24-19)9-28-12(3)20(27)25(4)8-13-14(21)6-5-7-15(13)22/h5-7,12H,8-9H2,1-4H3,(H,23,24,26). The Labute approximate surface area is 181 Å². The van der Waals surface area contributed by atoms with Gasteiger partial charge in [-0.3, -0.25) is 9.59 Å². The molecular weight excluding hydrogens is 433 g/mol. The number of thioether (sulfide) groups is 1. The number of thiophene rings is 1. The third kappa shape index (κ3) is 4.65. The van der Waals surface area contributed by atoms with E-state index in [4.69, 9.17) is 11.6 Å². The zero-order valence-electron chi connectivity index (χ0n) is 16.5. The van der Waals surface area contributed by atoms with Gasteiger partial charge < -0.3 is 9.88 Å². The van der Waals surface area contributed by atoms with Gasteiger partial charge in [0.1, 0.15) is 16.5 Å². The molecule has 3 aromatic rings. The Morgan fingerprint density at radius 3 is 2.83 bits per heavy atom. The first-order valence-corrected chi connectivity index (χ1v) is 11.2. The first-order chi connectivity index (χ1) is 13.7. The monoisotopic (exact) mass is 453 g/mol. The normalized spacial score (nSPS) is 12.3. The topological polar surface area (TPSA) is 66.1 Å². The molecule has 3 rings (SSSR count). The summed E-state index contributed by atoms with van der Waals surface area (Å²) in [5.74, 6) is 0.338. The lowest BCUT2D eigenvalue weighted by Crippen LogP contribution is -2.33. The number of aryl methyl sites for hydroxylation is 2. The fourth-order valence-corrected chi connectivity index (χ4v) is 5.09. The molecule has 2 aromatic heterocycles. The number of rotatable bonds is 6. The number of nitrogens with zero attached hydrogens (tertiary/aromatic N) is 2. The number of aromatic nitrogens is 2. The van der Waals surface area contributed by atoms with Crippen LogP contribution in [0.4, 0.5) is 4.39 Å². The van der Waals surface area contributed by atoms with E-state index in [1.54, 1.807) is 20.0 Å². The van der Waals surface area contributed by atoms with E-state index in [1.165, 1.54) is 40.1 Å². The van der Waals surface area contributed by atoms with E-state index in [-0.39, 0.29) is 18.0 Å². The molecule has 0 aliphatic rings. The van der Waals surface area contributed by atoms with Crippen molar-refractivity contribution in [2.24, 2.45) is 0 Å². The molecule has 29 heavy (non-hydrogen) atoms. The third-order valence-electron chi connectivity index (χ3n) is 4.74. The van der Waals surface area contributed by atoms with Gasteiger partial charge in [0.15, 0.2) is 0 Å². The summed E-state index contributed by atoms with van der Waals surface area (Å²) in [6.07, 6.45) is 0. The van der Waals surface area contributed by atoms with E-state index in [1.807, 2.05) is 13.8 Å². The lowest BCUT2D eigenvalue weighted by Gasteiger charge is -2.22. The number of carbonyl (C=O) groups excluding carboxylic acids is 1. The predicted molar refractivity (Wildman–Crippen MR) is 118 cm³/mol. The molecule has 0 saturated carbocycles. The summed E-state index contributed by atoms with van der Waals surface area (Å²) in [6.45, 7) is 5.75. The molecule has 154 valence electrons. The summed E-state index contributed by atoms with van der Waals surface area (Å²) < 4.78 is 14.0. The number of hydrogen-bond donors (Lipinski definition) is 1. The molecule has 1 N–H and O–H groups in total. The first-order valence-electron chi connectivity index (χ1n) is 8.97. The van der Waals surface area contributed by atoms with E-state index >= 15 is 0 Å². The van der Waals surface area contributed by atoms with Gasteiger partial charge in [-0.1, -0.05) is 17.7 Å². The van der Waals surface area contributed by atoms with Crippen LogP contribution in [0.3, 0.4) is 0 Å². The second-order valence-corrected chi connectivity index (χ2v) is 9.76. The van der Waals surface area contributed by atoms with Crippen molar-refractivity contribution in [2.75, 3.05) is 7.05 Å². The Hall–Kier alpha value is -1.90. The molecule has 0 aliphatic heterocycles. The molecule has 1 aromatic carbocycles. The van der Waals surface area contributed by atoms with Gasteiger partial charge in [-0.05, 0) is 38.5 Å². The fraction of sp³-hybridized carbons (Fsp3) is 0.350. The molecule has 0 fully saturated rings. The average molecular weight is 454 g/mol. The van der Waals surface area contributed by atoms with Crippen LogP contribution in [0.2, 0.25) is 5.02 Å². The summed E-state index contributed by atoms with van der Waals surface area (Å²) in [5, 5.41) is 0.534. The van der Waals surface area contributed by atoms with Gasteiger partial charge in [-0.2, -0.15) is 0 Å². The molecular formula is C20H21ClFN3O2S2. The molecule has 1 amide bonds. The Kier molecular flexibility index (Phi) is 6.65. The highest BCUT2D eigenvalue weighted by Crippen LogP contribution is 2.27. The number of fused-ring (bicyclic) bond motifs is 1. The fourth-order valence-electron chi connectivity index (χ4n) is 2.95. The second kappa shape index (κ2) is 8.85. The van der Waals surface area contributed by atoms with Gasteiger partial charge in [0.25, 0.3) is 5.56 Å². The summed E-state index contributed by atoms with van der Waals surface area (Å²) >= 11 is 8.91. The molecule has 9 heteroatoms. The van der Waals surface area contributed by atoms with Gasteiger partial charge in [0, 0.05) is 29.1 Å². The van der Waals surface area contributed by atoms with E-state index in [9.17, 15) is 14.0 Å². The number of nitrogens with one attached hydrogen (secondary N) is 1. The van der Waals surface area contributed by atoms with Gasteiger partial charge in [-0.15, -0.1) is 23.1 Å². The Bertz CT molecular complexity index is 1110. The van der Waals surface area contributed by atoms with Crippen molar-refractivity contribution in [2.45, 2.75) is 38.3 Å². The molecule has 0 spiro atoms. The van der Waals surface area contributed by atoms with Crippen LogP contribution in [0, 0.1) is 19.7 Å². The molecule has 0 bridgehead atoms. The van der Waals surface area contributed by atoms with Crippen molar-refractivity contribution < 1.29 is 9.18 Å². The molecule has 0 radical (unpaired) electrons. The van der Waals surface area contributed by atoms with Crippen LogP contribution in [0.15, 0.2) is 23.0 Å². The van der Waals surface area contributed by atoms with Crippen molar-refractivity contribution in [1.29, 1.82) is 0 Å². The number of hydrogen-bond acceptors (Lipinski definition) is 5. The van der Waals surface area contributed by atoms with Crippen LogP contribution in [-0.4, -0.2) is 33.1 Å². The minimum Gasteiger partial charge on any atom is -0.340 e. The number of amides is 1. The SMILES string of the molecule is Cc1sc2nc(CSC(C)C(=O)N(C)Cc3c(F)cccc3Cl)[nH]c(=O)c2c1C. The highest BCUT2D eigenvalue weighted by atomic mass is 35.5. The van der Waals surface area contributed by atoms with Gasteiger partial charge in [-0.25, -0.2) is 9.37 Å². The molecule has 1 atom stereocenters. The number of H-pyrrole nitrogens is 1. The number of aromatic amines is 1. The summed E-state index contributed by atoms with van der Waals surface area (Å²) in [4.78, 5) is 35.6. The van der Waals surface area contributed by atoms with Crippen molar-refractivity contribution in [1.82, 2.24) is 14.9 Å². The predicted octanol–water partition coefficient (Wildman–Crippen LogP) is 4.67. The van der Waals surface area contributed by atoms with Gasteiger partial charge in [0.2, 0.25) is 5.91 Å². The molecule has 2 heterocycles. The van der Waals surface area contributed by atoms with Crippen molar-refractivity contribution in [3.05, 3.63) is 61.2 Å². The van der Waals surface area contributed by atoms with Crippen LogP contribution in [-0.2, 0) is 17.1 Å². The highest BCUT2D eigenvalue weighted by Gasteiger charge is 2.21. The Morgan fingerprint density at radius 1 is 1.41 bits per heavy atom. The number of halogens is 2. The maximum atomic E-state index is 14.0. The maximum Gasteiger partial charge on any atom is 0.259 e. The largest absolute Gasteiger partial charge is 0.340 e. The first kappa shape index (κ1) is 21.8. The molecule has 0 saturated heterocycles. The summed E-state index contributed by atoms with van der Waals surface area (Å²) in [7, 11) is 1.62. The Morgan fingerprint density at radius 2 is 2.14 bits per heavy atom. The van der Waals surface area contributed by atoms with Crippen LogP contribution < -0.4 is 5.56 Å². The van der Waals surface area contributed by atoms with Crippen LogP contribution >= 0.6 is 34.7 Å². The van der Waals surface area contributed by atoms with E-state index in [2.05, 4.69) is 9.97 Å². The van der Waals surface area contributed by atoms with Crippen LogP contribution in [0.1, 0.15) is 28.8 Å². The number of carbonyl (C=O) groups is 1. The lowest BCUT2D eigenvalue weighted by atomic mass is 10.2. The Balaban J connectivity index is 1.67. The van der Waals surface area contributed by atoms with Crippen molar-refractivity contribution in [3.63, 3.8) is 0 Å². The average Bonchev–Trinajstić information content (AvgIpc) is 2.96. The van der Waals surface area contributed by atoms with Crippen LogP contribution in [0.25, 0.3) is 10.2 Å². The minimum atomic E-state index is -0.436. The van der Waals surface area contributed by atoms with Crippen LogP contribution in [0.5, 0.6) is 0 Å². The molecule has 0 aliphatic carbocycles. The summed E-state index contributed by atoms with van der Waals surface area (Å²) in [6, 6.07) is 4.45. The van der Waals surface area contributed by atoms with Gasteiger partial charge >= 0.3 is 0 Å². The summed E-state index contributed by atoms with van der Waals surface area (Å²) in [5.41, 5.74) is 1.09. The number of benzene rings is 1. The van der Waals surface area contributed by atoms with E-state index in [0.29, 0.717) is 32.4 Å². The zero-order chi connectivity index (χ0) is 21.3. The molecule has 1 unspecified atom stereocenters. The zero-order valence-corrected chi connectivity index (χ0v) is 18.9. The van der Waals surface area contributed by atoms with E-state index < -0.39 is 11.1 Å². The minimum absolute atomic E-state index is 0.0873. The molecule has 5 nitrogen and oxygen atoms in total. The third-order valence-corrected chi connectivity index (χ3v) is 7.34. The quantitative estimate of drug-likeness (QED) is 0.588. The van der Waals surface area contributed by atoms with Gasteiger partial charge in [0.05, 0.1) is 16.4 Å². The maximum absolute atomic E-state index is 14.0. The smallest absolute Gasteiger partial charge is 0.259 e. The second-order valence-electron chi connectivity index (χ2n) is 6.82. The van der Waals surface area contributed by atoms with Crippen molar-refractivity contribution >= 4 is 50.8 Å².